The van der Waals surface area contributed by atoms with E-state index in [9.17, 15) is 0 Å². The molecule has 1 heterocycles. The maximum atomic E-state index is 5.67. The minimum atomic E-state index is 0.281. The first-order chi connectivity index (χ1) is 6.15. The third kappa shape index (κ3) is 2.25. The van der Waals surface area contributed by atoms with Crippen molar-refractivity contribution >= 4 is 0 Å². The number of allylic oxidation sites excluding steroid dienone is 3. The van der Waals surface area contributed by atoms with E-state index in [1.165, 1.54) is 11.3 Å². The number of nitrogens with two attached hydrogens (primary N) is 1. The number of nitrogens with one attached hydrogen (secondary N) is 1. The molecule has 3 N–H and O–H groups in total. The SMILES string of the molecule is C=CC(N)=CC1C=CNC1=C(C)C. The Morgan fingerprint density at radius 2 is 2.31 bits per heavy atom. The average molecular weight is 176 g/mol. The molecule has 0 saturated carbocycles. The average Bonchev–Trinajstić information content (AvgIpc) is 2.52. The van der Waals surface area contributed by atoms with Gasteiger partial charge in [-0.15, -0.1) is 0 Å². The molecule has 0 aliphatic carbocycles. The zero-order chi connectivity index (χ0) is 9.84. The summed E-state index contributed by atoms with van der Waals surface area (Å²) in [6.45, 7) is 7.79. The van der Waals surface area contributed by atoms with E-state index in [1.54, 1.807) is 6.08 Å². The first-order valence-corrected chi connectivity index (χ1v) is 4.35. The Morgan fingerprint density at radius 3 is 2.85 bits per heavy atom. The van der Waals surface area contributed by atoms with Crippen LogP contribution in [-0.2, 0) is 0 Å². The molecular weight excluding hydrogens is 160 g/mol. The highest BCUT2D eigenvalue weighted by molar-refractivity contribution is 5.31. The van der Waals surface area contributed by atoms with Gasteiger partial charge in [0.15, 0.2) is 0 Å². The largest absolute Gasteiger partial charge is 0.399 e. The van der Waals surface area contributed by atoms with E-state index in [4.69, 9.17) is 5.73 Å². The molecule has 1 aliphatic rings. The van der Waals surface area contributed by atoms with Crippen molar-refractivity contribution in [2.75, 3.05) is 0 Å². The molecule has 0 aromatic heterocycles. The molecular formula is C11H16N2. The van der Waals surface area contributed by atoms with Gasteiger partial charge in [0, 0.05) is 17.3 Å². The Balaban J connectivity index is 2.87. The quantitative estimate of drug-likeness (QED) is 0.632. The van der Waals surface area contributed by atoms with Gasteiger partial charge in [-0.1, -0.05) is 18.2 Å². The van der Waals surface area contributed by atoms with E-state index in [0.29, 0.717) is 0 Å². The van der Waals surface area contributed by atoms with Crippen LogP contribution in [0.5, 0.6) is 0 Å². The number of hydrogen-bond donors (Lipinski definition) is 2. The lowest BCUT2D eigenvalue weighted by Gasteiger charge is -2.09. The zero-order valence-electron chi connectivity index (χ0n) is 8.17. The summed E-state index contributed by atoms with van der Waals surface area (Å²) in [7, 11) is 0. The summed E-state index contributed by atoms with van der Waals surface area (Å²) >= 11 is 0. The standard InChI is InChI=1S/C11H16N2/c1-4-10(12)7-9-5-6-13-11(9)8(2)3/h4-7,9,13H,1,12H2,2-3H3. The monoisotopic (exact) mass is 176 g/mol. The molecule has 0 amide bonds. The number of rotatable bonds is 2. The van der Waals surface area contributed by atoms with Crippen molar-refractivity contribution in [3.63, 3.8) is 0 Å². The molecule has 0 aromatic carbocycles. The summed E-state index contributed by atoms with van der Waals surface area (Å²) in [4.78, 5) is 0. The van der Waals surface area contributed by atoms with E-state index in [1.807, 2.05) is 12.3 Å². The van der Waals surface area contributed by atoms with Gasteiger partial charge in [0.2, 0.25) is 0 Å². The Morgan fingerprint density at radius 1 is 1.62 bits per heavy atom. The van der Waals surface area contributed by atoms with Crippen LogP contribution >= 0.6 is 0 Å². The Kier molecular flexibility index (Phi) is 2.96. The van der Waals surface area contributed by atoms with Gasteiger partial charge >= 0.3 is 0 Å². The van der Waals surface area contributed by atoms with Crippen LogP contribution < -0.4 is 11.1 Å². The second-order valence-corrected chi connectivity index (χ2v) is 3.31. The topological polar surface area (TPSA) is 38.0 Å². The molecule has 0 spiro atoms. The van der Waals surface area contributed by atoms with E-state index < -0.39 is 0 Å². The molecule has 2 nitrogen and oxygen atoms in total. The minimum Gasteiger partial charge on any atom is -0.399 e. The second-order valence-electron chi connectivity index (χ2n) is 3.31. The Hall–Kier alpha value is -1.44. The van der Waals surface area contributed by atoms with Gasteiger partial charge in [-0.3, -0.25) is 0 Å². The summed E-state index contributed by atoms with van der Waals surface area (Å²) in [5.41, 5.74) is 8.89. The van der Waals surface area contributed by atoms with Crippen molar-refractivity contribution in [3.8, 4) is 0 Å². The van der Waals surface area contributed by atoms with E-state index in [0.717, 1.165) is 5.70 Å². The lowest BCUT2D eigenvalue weighted by molar-refractivity contribution is 0.890. The van der Waals surface area contributed by atoms with E-state index in [-0.39, 0.29) is 5.92 Å². The van der Waals surface area contributed by atoms with Gasteiger partial charge in [0.25, 0.3) is 0 Å². The molecule has 2 heteroatoms. The summed E-state index contributed by atoms with van der Waals surface area (Å²) in [6, 6.07) is 0. The molecule has 1 aliphatic heterocycles. The smallest absolute Gasteiger partial charge is 0.0389 e. The molecule has 0 aromatic rings. The van der Waals surface area contributed by atoms with E-state index in [2.05, 4.69) is 31.8 Å². The third-order valence-corrected chi connectivity index (χ3v) is 2.02. The van der Waals surface area contributed by atoms with Crippen LogP contribution in [0.25, 0.3) is 0 Å². The molecule has 0 saturated heterocycles. The van der Waals surface area contributed by atoms with Crippen LogP contribution in [0.15, 0.2) is 48.0 Å². The van der Waals surface area contributed by atoms with Gasteiger partial charge in [0.05, 0.1) is 0 Å². The normalized spacial score (nSPS) is 21.5. The summed E-state index contributed by atoms with van der Waals surface area (Å²) < 4.78 is 0. The van der Waals surface area contributed by atoms with Gasteiger partial charge in [-0.25, -0.2) is 0 Å². The first-order valence-electron chi connectivity index (χ1n) is 4.35. The zero-order valence-corrected chi connectivity index (χ0v) is 8.17. The van der Waals surface area contributed by atoms with Crippen molar-refractivity contribution in [1.82, 2.24) is 5.32 Å². The van der Waals surface area contributed by atoms with E-state index >= 15 is 0 Å². The fraction of sp³-hybridized carbons (Fsp3) is 0.273. The van der Waals surface area contributed by atoms with Crippen molar-refractivity contribution in [2.24, 2.45) is 11.7 Å². The van der Waals surface area contributed by atoms with Crippen LogP contribution in [0.4, 0.5) is 0 Å². The Labute approximate surface area is 79.5 Å². The van der Waals surface area contributed by atoms with Crippen molar-refractivity contribution in [3.05, 3.63) is 48.0 Å². The molecule has 0 radical (unpaired) electrons. The highest BCUT2D eigenvalue weighted by Crippen LogP contribution is 2.21. The molecule has 1 rings (SSSR count). The van der Waals surface area contributed by atoms with Crippen molar-refractivity contribution in [1.29, 1.82) is 0 Å². The fourth-order valence-corrected chi connectivity index (χ4v) is 1.33. The van der Waals surface area contributed by atoms with Crippen molar-refractivity contribution in [2.45, 2.75) is 13.8 Å². The summed E-state index contributed by atoms with van der Waals surface area (Å²) in [5, 5.41) is 3.20. The van der Waals surface area contributed by atoms with Crippen LogP contribution in [0, 0.1) is 5.92 Å². The number of hydrogen-bond acceptors (Lipinski definition) is 2. The van der Waals surface area contributed by atoms with Crippen LogP contribution in [0.3, 0.4) is 0 Å². The molecule has 1 atom stereocenters. The Bertz CT molecular complexity index is 291. The van der Waals surface area contributed by atoms with Gasteiger partial charge < -0.3 is 11.1 Å². The van der Waals surface area contributed by atoms with Crippen LogP contribution in [0.1, 0.15) is 13.8 Å². The predicted molar refractivity (Wildman–Crippen MR) is 56.6 cm³/mol. The molecule has 13 heavy (non-hydrogen) atoms. The lowest BCUT2D eigenvalue weighted by Crippen LogP contribution is -2.08. The lowest BCUT2D eigenvalue weighted by atomic mass is 10.0. The van der Waals surface area contributed by atoms with Crippen molar-refractivity contribution < 1.29 is 0 Å². The van der Waals surface area contributed by atoms with Crippen LogP contribution in [0.2, 0.25) is 0 Å². The third-order valence-electron chi connectivity index (χ3n) is 2.02. The fourth-order valence-electron chi connectivity index (χ4n) is 1.33. The van der Waals surface area contributed by atoms with Gasteiger partial charge in [0.1, 0.15) is 0 Å². The molecule has 0 fully saturated rings. The molecule has 1 unspecified atom stereocenters. The summed E-state index contributed by atoms with van der Waals surface area (Å²) in [6.07, 6.45) is 7.68. The van der Waals surface area contributed by atoms with Gasteiger partial charge in [-0.2, -0.15) is 0 Å². The first kappa shape index (κ1) is 9.65. The highest BCUT2D eigenvalue weighted by Gasteiger charge is 2.13. The van der Waals surface area contributed by atoms with Gasteiger partial charge in [-0.05, 0) is 32.2 Å². The predicted octanol–water partition coefficient (Wildman–Crippen LogP) is 2.04. The maximum absolute atomic E-state index is 5.67. The second kappa shape index (κ2) is 3.99. The minimum absolute atomic E-state index is 0.281. The summed E-state index contributed by atoms with van der Waals surface area (Å²) in [5.74, 6) is 0.281. The molecule has 70 valence electrons. The molecule has 0 bridgehead atoms. The highest BCUT2D eigenvalue weighted by atomic mass is 14.9. The maximum Gasteiger partial charge on any atom is 0.0389 e. The van der Waals surface area contributed by atoms with Crippen LogP contribution in [-0.4, -0.2) is 0 Å².